The first-order chi connectivity index (χ1) is 9.24. The monoisotopic (exact) mass is 286 g/mol. The van der Waals surface area contributed by atoms with Gasteiger partial charge in [0, 0.05) is 5.69 Å². The van der Waals surface area contributed by atoms with E-state index in [2.05, 4.69) is 53.2 Å². The van der Waals surface area contributed by atoms with Crippen molar-refractivity contribution in [2.24, 2.45) is 0 Å². The Labute approximate surface area is 121 Å². The van der Waals surface area contributed by atoms with Crippen molar-refractivity contribution in [3.8, 4) is 0 Å². The summed E-state index contributed by atoms with van der Waals surface area (Å²) in [5.74, 6) is 0. The Morgan fingerprint density at radius 1 is 1.16 bits per heavy atom. The minimum absolute atomic E-state index is 0.701. The number of thiazole rings is 1. The Bertz CT molecular complexity index is 771. The summed E-state index contributed by atoms with van der Waals surface area (Å²) in [6, 6.07) is 16.7. The number of aromatic nitrogens is 1. The van der Waals surface area contributed by atoms with Crippen LogP contribution in [-0.2, 0) is 6.67 Å². The maximum Gasteiger partial charge on any atom is 0.163 e. The molecule has 4 heteroatoms. The summed E-state index contributed by atoms with van der Waals surface area (Å²) in [4.78, 5) is 0. The SMILES string of the molecule is Cc1cccc(NCn2c(=S)sc3ccccc32)c1. The maximum absolute atomic E-state index is 5.44. The highest BCUT2D eigenvalue weighted by Gasteiger charge is 2.03. The van der Waals surface area contributed by atoms with E-state index in [1.165, 1.54) is 15.8 Å². The molecule has 0 aliphatic rings. The molecule has 0 spiro atoms. The van der Waals surface area contributed by atoms with Crippen molar-refractivity contribution in [2.75, 3.05) is 5.32 Å². The van der Waals surface area contributed by atoms with E-state index in [4.69, 9.17) is 12.2 Å². The van der Waals surface area contributed by atoms with Crippen LogP contribution in [0.2, 0.25) is 0 Å². The Morgan fingerprint density at radius 2 is 2.00 bits per heavy atom. The molecule has 0 bridgehead atoms. The molecule has 0 aliphatic carbocycles. The number of rotatable bonds is 3. The quantitative estimate of drug-likeness (QED) is 0.696. The zero-order valence-electron chi connectivity index (χ0n) is 10.6. The van der Waals surface area contributed by atoms with Crippen LogP contribution in [0, 0.1) is 10.9 Å². The number of fused-ring (bicyclic) bond motifs is 1. The van der Waals surface area contributed by atoms with Crippen molar-refractivity contribution in [3.05, 3.63) is 58.0 Å². The molecule has 3 rings (SSSR count). The van der Waals surface area contributed by atoms with Gasteiger partial charge in [0.25, 0.3) is 0 Å². The summed E-state index contributed by atoms with van der Waals surface area (Å²) in [6.45, 7) is 2.79. The molecule has 1 aromatic heterocycles. The standard InChI is InChI=1S/C15H14N2S2/c1-11-5-4-6-12(9-11)16-10-17-13-7-2-3-8-14(13)19-15(17)18/h2-9,16H,10H2,1H3. The highest BCUT2D eigenvalue weighted by molar-refractivity contribution is 7.73. The van der Waals surface area contributed by atoms with Crippen molar-refractivity contribution in [2.45, 2.75) is 13.6 Å². The first-order valence-electron chi connectivity index (χ1n) is 6.13. The fourth-order valence-electron chi connectivity index (χ4n) is 2.09. The lowest BCUT2D eigenvalue weighted by atomic mass is 10.2. The normalized spacial score (nSPS) is 10.8. The van der Waals surface area contributed by atoms with E-state index < -0.39 is 0 Å². The second-order valence-electron chi connectivity index (χ2n) is 4.47. The van der Waals surface area contributed by atoms with Gasteiger partial charge in [0.05, 0.1) is 16.9 Å². The van der Waals surface area contributed by atoms with E-state index in [0.717, 1.165) is 9.64 Å². The predicted octanol–water partition coefficient (Wildman–Crippen LogP) is 4.81. The second kappa shape index (κ2) is 5.15. The third-order valence-corrected chi connectivity index (χ3v) is 4.46. The topological polar surface area (TPSA) is 17.0 Å². The van der Waals surface area contributed by atoms with E-state index in [9.17, 15) is 0 Å². The van der Waals surface area contributed by atoms with Crippen LogP contribution in [0.4, 0.5) is 5.69 Å². The van der Waals surface area contributed by atoms with Crippen LogP contribution in [0.1, 0.15) is 5.56 Å². The van der Waals surface area contributed by atoms with Crippen LogP contribution < -0.4 is 5.32 Å². The number of benzene rings is 2. The highest BCUT2D eigenvalue weighted by Crippen LogP contribution is 2.22. The molecule has 0 fully saturated rings. The highest BCUT2D eigenvalue weighted by atomic mass is 32.1. The average molecular weight is 286 g/mol. The number of nitrogens with zero attached hydrogens (tertiary/aromatic N) is 1. The summed E-state index contributed by atoms with van der Waals surface area (Å²) in [5, 5.41) is 3.42. The van der Waals surface area contributed by atoms with E-state index in [-0.39, 0.29) is 0 Å². The summed E-state index contributed by atoms with van der Waals surface area (Å²) in [5.41, 5.74) is 3.57. The summed E-state index contributed by atoms with van der Waals surface area (Å²) in [6.07, 6.45) is 0. The molecule has 96 valence electrons. The van der Waals surface area contributed by atoms with Crippen molar-refractivity contribution >= 4 is 39.5 Å². The maximum atomic E-state index is 5.44. The third-order valence-electron chi connectivity index (χ3n) is 3.03. The van der Waals surface area contributed by atoms with Crippen molar-refractivity contribution in [3.63, 3.8) is 0 Å². The molecule has 1 heterocycles. The van der Waals surface area contributed by atoms with Gasteiger partial charge in [-0.2, -0.15) is 0 Å². The van der Waals surface area contributed by atoms with Gasteiger partial charge >= 0.3 is 0 Å². The van der Waals surface area contributed by atoms with Crippen molar-refractivity contribution in [1.82, 2.24) is 4.57 Å². The molecule has 19 heavy (non-hydrogen) atoms. The second-order valence-corrected chi connectivity index (χ2v) is 6.14. The molecule has 0 amide bonds. The minimum Gasteiger partial charge on any atom is -0.367 e. The van der Waals surface area contributed by atoms with Crippen LogP contribution in [0.3, 0.4) is 0 Å². The molecule has 1 N–H and O–H groups in total. The first kappa shape index (κ1) is 12.4. The molecular formula is C15H14N2S2. The average Bonchev–Trinajstić information content (AvgIpc) is 2.72. The van der Waals surface area contributed by atoms with Gasteiger partial charge in [-0.25, -0.2) is 0 Å². The van der Waals surface area contributed by atoms with E-state index >= 15 is 0 Å². The number of para-hydroxylation sites is 1. The van der Waals surface area contributed by atoms with Gasteiger partial charge in [0.1, 0.15) is 0 Å². The molecule has 0 saturated heterocycles. The first-order valence-corrected chi connectivity index (χ1v) is 7.35. The zero-order valence-corrected chi connectivity index (χ0v) is 12.2. The fourth-order valence-corrected chi connectivity index (χ4v) is 3.41. The Morgan fingerprint density at radius 3 is 2.84 bits per heavy atom. The molecule has 0 unspecified atom stereocenters. The Balaban J connectivity index is 1.90. The van der Waals surface area contributed by atoms with Crippen LogP contribution in [0.25, 0.3) is 10.2 Å². The van der Waals surface area contributed by atoms with Crippen molar-refractivity contribution < 1.29 is 0 Å². The molecule has 0 aliphatic heterocycles. The fraction of sp³-hybridized carbons (Fsp3) is 0.133. The summed E-state index contributed by atoms with van der Waals surface area (Å²) < 4.78 is 4.28. The molecular weight excluding hydrogens is 272 g/mol. The zero-order chi connectivity index (χ0) is 13.2. The van der Waals surface area contributed by atoms with E-state index in [0.29, 0.717) is 6.67 Å². The largest absolute Gasteiger partial charge is 0.367 e. The third kappa shape index (κ3) is 2.55. The van der Waals surface area contributed by atoms with Gasteiger partial charge in [-0.05, 0) is 49.0 Å². The van der Waals surface area contributed by atoms with E-state index in [1.807, 2.05) is 12.1 Å². The van der Waals surface area contributed by atoms with Crippen LogP contribution in [0.5, 0.6) is 0 Å². The number of hydrogen-bond donors (Lipinski definition) is 1. The molecule has 0 radical (unpaired) electrons. The lowest BCUT2D eigenvalue weighted by Gasteiger charge is -2.09. The minimum atomic E-state index is 0.701. The molecule has 3 aromatic rings. The molecule has 2 aromatic carbocycles. The molecule has 0 saturated carbocycles. The number of hydrogen-bond acceptors (Lipinski definition) is 3. The van der Waals surface area contributed by atoms with E-state index in [1.54, 1.807) is 11.3 Å². The summed E-state index contributed by atoms with van der Waals surface area (Å²) in [7, 11) is 0. The summed E-state index contributed by atoms with van der Waals surface area (Å²) >= 11 is 7.09. The van der Waals surface area contributed by atoms with Crippen LogP contribution in [0.15, 0.2) is 48.5 Å². The van der Waals surface area contributed by atoms with Crippen molar-refractivity contribution in [1.29, 1.82) is 0 Å². The number of nitrogens with one attached hydrogen (secondary N) is 1. The predicted molar refractivity (Wildman–Crippen MR) is 85.5 cm³/mol. The van der Waals surface area contributed by atoms with Crippen LogP contribution >= 0.6 is 23.6 Å². The van der Waals surface area contributed by atoms with Crippen LogP contribution in [-0.4, -0.2) is 4.57 Å². The van der Waals surface area contributed by atoms with Gasteiger partial charge in [-0.15, -0.1) is 11.3 Å². The van der Waals surface area contributed by atoms with Gasteiger partial charge in [0.15, 0.2) is 3.95 Å². The van der Waals surface area contributed by atoms with Gasteiger partial charge in [-0.3, -0.25) is 0 Å². The lowest BCUT2D eigenvalue weighted by molar-refractivity contribution is 0.807. The smallest absolute Gasteiger partial charge is 0.163 e. The van der Waals surface area contributed by atoms with Gasteiger partial charge in [-0.1, -0.05) is 24.3 Å². The Kier molecular flexibility index (Phi) is 3.36. The number of aryl methyl sites for hydroxylation is 1. The Hall–Kier alpha value is -1.65. The van der Waals surface area contributed by atoms with Gasteiger partial charge < -0.3 is 9.88 Å². The van der Waals surface area contributed by atoms with Gasteiger partial charge in [0.2, 0.25) is 0 Å². The number of anilines is 1. The molecule has 2 nitrogen and oxygen atoms in total. The lowest BCUT2D eigenvalue weighted by Crippen LogP contribution is -2.07. The molecule has 0 atom stereocenters.